The number of carbonyl (C=O) groups is 1. The summed E-state index contributed by atoms with van der Waals surface area (Å²) in [7, 11) is -0.0815. The maximum absolute atomic E-state index is 11.6. The zero-order chi connectivity index (χ0) is 10.3. The van der Waals surface area contributed by atoms with Gasteiger partial charge < -0.3 is 4.90 Å². The van der Waals surface area contributed by atoms with Gasteiger partial charge >= 0.3 is 0 Å². The van der Waals surface area contributed by atoms with Crippen molar-refractivity contribution in [3.8, 4) is 0 Å². The molecule has 0 radical (unpaired) electrons. The van der Waals surface area contributed by atoms with E-state index in [1.165, 1.54) is 4.90 Å². The first kappa shape index (κ1) is 10.5. The second-order valence-corrected chi connectivity index (χ2v) is 6.15. The molecular weight excluding hydrogens is 190 g/mol. The highest BCUT2D eigenvalue weighted by Gasteiger charge is 2.53. The summed E-state index contributed by atoms with van der Waals surface area (Å²) in [6, 6.07) is 0. The minimum Gasteiger partial charge on any atom is -0.347 e. The van der Waals surface area contributed by atoms with Crippen LogP contribution in [-0.2, 0) is 14.6 Å². The van der Waals surface area contributed by atoms with E-state index in [0.717, 1.165) is 12.7 Å². The average molecular weight is 205 g/mol. The predicted octanol–water partition coefficient (Wildman–Crippen LogP) is 0.0419. The molecule has 1 fully saturated rings. The highest BCUT2D eigenvalue weighted by molar-refractivity contribution is 7.93. The number of rotatable bonds is 2. The van der Waals surface area contributed by atoms with E-state index in [9.17, 15) is 13.2 Å². The van der Waals surface area contributed by atoms with Gasteiger partial charge in [0.15, 0.2) is 14.6 Å². The number of nitrogens with zero attached hydrogens (tertiary/aromatic N) is 1. The molecule has 0 aromatic rings. The van der Waals surface area contributed by atoms with E-state index in [1.54, 1.807) is 14.1 Å². The Balaban J connectivity index is 3.03. The highest BCUT2D eigenvalue weighted by Crippen LogP contribution is 2.40. The lowest BCUT2D eigenvalue weighted by Gasteiger charge is -2.39. The van der Waals surface area contributed by atoms with Crippen LogP contribution >= 0.6 is 0 Å². The molecule has 1 saturated carbocycles. The van der Waals surface area contributed by atoms with Crippen LogP contribution in [0.1, 0.15) is 19.3 Å². The van der Waals surface area contributed by atoms with Gasteiger partial charge in [0.1, 0.15) is 0 Å². The molecule has 1 aliphatic rings. The van der Waals surface area contributed by atoms with Crippen molar-refractivity contribution in [1.29, 1.82) is 0 Å². The minimum atomic E-state index is -3.26. The van der Waals surface area contributed by atoms with Crippen molar-refractivity contribution in [3.63, 3.8) is 0 Å². The summed E-state index contributed by atoms with van der Waals surface area (Å²) in [5.74, 6) is -0.277. The van der Waals surface area contributed by atoms with Gasteiger partial charge in [-0.25, -0.2) is 8.42 Å². The molecule has 0 N–H and O–H groups in total. The fourth-order valence-corrected chi connectivity index (χ4v) is 3.18. The van der Waals surface area contributed by atoms with E-state index in [0.29, 0.717) is 12.8 Å². The number of carbonyl (C=O) groups excluding carboxylic acids is 1. The largest absolute Gasteiger partial charge is 0.347 e. The fourth-order valence-electron chi connectivity index (χ4n) is 1.65. The second kappa shape index (κ2) is 2.97. The third-order valence-corrected chi connectivity index (χ3v) is 4.67. The number of sulfone groups is 1. The Bertz CT molecular complexity index is 314. The lowest BCUT2D eigenvalue weighted by molar-refractivity contribution is -0.133. The molecule has 1 aliphatic carbocycles. The molecular formula is C8H15NO3S. The van der Waals surface area contributed by atoms with Gasteiger partial charge in [-0.3, -0.25) is 4.79 Å². The molecule has 0 aliphatic heterocycles. The monoisotopic (exact) mass is 205 g/mol. The van der Waals surface area contributed by atoms with Crippen molar-refractivity contribution >= 4 is 15.7 Å². The summed E-state index contributed by atoms with van der Waals surface area (Å²) in [5.41, 5.74) is 0. The van der Waals surface area contributed by atoms with Gasteiger partial charge in [-0.05, 0) is 19.3 Å². The third-order valence-electron chi connectivity index (χ3n) is 2.67. The summed E-state index contributed by atoms with van der Waals surface area (Å²) in [4.78, 5) is 13.0. The van der Waals surface area contributed by atoms with E-state index in [1.807, 2.05) is 0 Å². The lowest BCUT2D eigenvalue weighted by atomic mass is 9.83. The first-order valence-electron chi connectivity index (χ1n) is 4.22. The van der Waals surface area contributed by atoms with E-state index in [-0.39, 0.29) is 5.91 Å². The first-order chi connectivity index (χ1) is 5.81. The molecule has 0 saturated heterocycles. The van der Waals surface area contributed by atoms with Gasteiger partial charge in [-0.2, -0.15) is 0 Å². The van der Waals surface area contributed by atoms with Gasteiger partial charge in [0.2, 0.25) is 5.91 Å². The Hall–Kier alpha value is -0.580. The quantitative estimate of drug-likeness (QED) is 0.639. The molecule has 0 heterocycles. The maximum Gasteiger partial charge on any atom is 0.243 e. The first-order valence-corrected chi connectivity index (χ1v) is 6.12. The molecule has 0 aromatic carbocycles. The van der Waals surface area contributed by atoms with Crippen LogP contribution in [0.15, 0.2) is 0 Å². The maximum atomic E-state index is 11.6. The topological polar surface area (TPSA) is 54.5 Å². The molecule has 0 atom stereocenters. The average Bonchev–Trinajstić information content (AvgIpc) is 1.80. The molecule has 0 spiro atoms. The lowest BCUT2D eigenvalue weighted by Crippen LogP contribution is -2.56. The van der Waals surface area contributed by atoms with Crippen LogP contribution in [0.25, 0.3) is 0 Å². The summed E-state index contributed by atoms with van der Waals surface area (Å²) in [6.07, 6.45) is 2.92. The van der Waals surface area contributed by atoms with Crippen LogP contribution in [0.4, 0.5) is 0 Å². The molecule has 76 valence electrons. The van der Waals surface area contributed by atoms with Crippen molar-refractivity contribution in [2.75, 3.05) is 20.4 Å². The van der Waals surface area contributed by atoms with Gasteiger partial charge in [0.05, 0.1) is 0 Å². The molecule has 4 nitrogen and oxygen atoms in total. The Morgan fingerprint density at radius 1 is 1.31 bits per heavy atom. The molecule has 5 heteroatoms. The van der Waals surface area contributed by atoms with Crippen LogP contribution in [0.5, 0.6) is 0 Å². The van der Waals surface area contributed by atoms with Crippen molar-refractivity contribution < 1.29 is 13.2 Å². The summed E-state index contributed by atoms with van der Waals surface area (Å²) >= 11 is 0. The predicted molar refractivity (Wildman–Crippen MR) is 50.1 cm³/mol. The minimum absolute atomic E-state index is 0.277. The van der Waals surface area contributed by atoms with Crippen LogP contribution in [0.2, 0.25) is 0 Å². The zero-order valence-electron chi connectivity index (χ0n) is 8.20. The molecule has 0 unspecified atom stereocenters. The second-order valence-electron chi connectivity index (χ2n) is 3.82. The van der Waals surface area contributed by atoms with E-state index < -0.39 is 14.6 Å². The van der Waals surface area contributed by atoms with Crippen LogP contribution < -0.4 is 0 Å². The smallest absolute Gasteiger partial charge is 0.243 e. The van der Waals surface area contributed by atoms with E-state index in [4.69, 9.17) is 0 Å². The number of hydrogen-bond acceptors (Lipinski definition) is 3. The fraction of sp³-hybridized carbons (Fsp3) is 0.875. The third kappa shape index (κ3) is 1.45. The molecule has 0 bridgehead atoms. The SMILES string of the molecule is CN(C)C(=O)C1(S(C)(=O)=O)CCC1. The zero-order valence-corrected chi connectivity index (χ0v) is 9.02. The summed E-state index contributed by atoms with van der Waals surface area (Å²) < 4.78 is 21.8. The van der Waals surface area contributed by atoms with Crippen molar-refractivity contribution in [1.82, 2.24) is 4.90 Å². The summed E-state index contributed by atoms with van der Waals surface area (Å²) in [5, 5.41) is 0. The standard InChI is InChI=1S/C8H15NO3S/c1-9(2)7(10)8(5-4-6-8)13(3,11)12/h4-6H2,1-3H3. The van der Waals surface area contributed by atoms with Crippen LogP contribution in [0, 0.1) is 0 Å². The molecule has 1 amide bonds. The Labute approximate surface area is 78.8 Å². The Morgan fingerprint density at radius 2 is 1.77 bits per heavy atom. The Morgan fingerprint density at radius 3 is 1.85 bits per heavy atom. The summed E-state index contributed by atoms with van der Waals surface area (Å²) in [6.45, 7) is 0. The number of amides is 1. The Kier molecular flexibility index (Phi) is 2.40. The molecule has 0 aromatic heterocycles. The van der Waals surface area contributed by atoms with Gasteiger partial charge in [0.25, 0.3) is 0 Å². The van der Waals surface area contributed by atoms with E-state index >= 15 is 0 Å². The van der Waals surface area contributed by atoms with E-state index in [2.05, 4.69) is 0 Å². The molecule has 13 heavy (non-hydrogen) atoms. The van der Waals surface area contributed by atoms with Crippen molar-refractivity contribution in [3.05, 3.63) is 0 Å². The van der Waals surface area contributed by atoms with Crippen LogP contribution in [-0.4, -0.2) is 44.3 Å². The van der Waals surface area contributed by atoms with Gasteiger partial charge in [0, 0.05) is 20.4 Å². The van der Waals surface area contributed by atoms with Crippen molar-refractivity contribution in [2.24, 2.45) is 0 Å². The molecule has 1 rings (SSSR count). The van der Waals surface area contributed by atoms with Gasteiger partial charge in [-0.1, -0.05) is 0 Å². The number of hydrogen-bond donors (Lipinski definition) is 0. The van der Waals surface area contributed by atoms with Gasteiger partial charge in [-0.15, -0.1) is 0 Å². The van der Waals surface area contributed by atoms with Crippen molar-refractivity contribution in [2.45, 2.75) is 24.0 Å². The highest BCUT2D eigenvalue weighted by atomic mass is 32.2. The normalized spacial score (nSPS) is 20.5. The van der Waals surface area contributed by atoms with Crippen LogP contribution in [0.3, 0.4) is 0 Å².